The van der Waals surface area contributed by atoms with Crippen LogP contribution >= 0.6 is 11.3 Å². The van der Waals surface area contributed by atoms with Crippen LogP contribution in [0.2, 0.25) is 0 Å². The van der Waals surface area contributed by atoms with Crippen LogP contribution in [0.5, 0.6) is 5.75 Å². The average molecular weight is 543 g/mol. The van der Waals surface area contributed by atoms with Gasteiger partial charge in [-0.3, -0.25) is 9.36 Å². The zero-order valence-electron chi connectivity index (χ0n) is 22.6. The van der Waals surface area contributed by atoms with Gasteiger partial charge in [-0.1, -0.05) is 41.7 Å². The Kier molecular flexibility index (Phi) is 7.34. The molecule has 0 spiro atoms. The summed E-state index contributed by atoms with van der Waals surface area (Å²) in [5.74, 6) is 0.233. The van der Waals surface area contributed by atoms with E-state index in [2.05, 4.69) is 4.99 Å². The van der Waals surface area contributed by atoms with Gasteiger partial charge in [0.05, 0.1) is 46.4 Å². The molecular weight excluding hydrogens is 512 g/mol. The summed E-state index contributed by atoms with van der Waals surface area (Å²) in [6, 6.07) is 16.7. The van der Waals surface area contributed by atoms with E-state index < -0.39 is 12.0 Å². The summed E-state index contributed by atoms with van der Waals surface area (Å²) < 4.78 is 15.0. The highest BCUT2D eigenvalue weighted by Crippen LogP contribution is 2.31. The van der Waals surface area contributed by atoms with E-state index in [0.29, 0.717) is 33.0 Å². The van der Waals surface area contributed by atoms with Crippen LogP contribution in [-0.2, 0) is 9.53 Å². The zero-order valence-corrected chi connectivity index (χ0v) is 23.4. The summed E-state index contributed by atoms with van der Waals surface area (Å²) in [6.45, 7) is 10.1. The summed E-state index contributed by atoms with van der Waals surface area (Å²) >= 11 is 1.30. The molecule has 1 atom stereocenters. The number of aromatic nitrogens is 3. The minimum absolute atomic E-state index is 0.222. The molecule has 1 aliphatic rings. The number of para-hydroxylation sites is 1. The molecule has 3 heterocycles. The maximum absolute atomic E-state index is 14.0. The van der Waals surface area contributed by atoms with Gasteiger partial charge in [0.2, 0.25) is 0 Å². The molecule has 39 heavy (non-hydrogen) atoms. The van der Waals surface area contributed by atoms with Gasteiger partial charge in [-0.2, -0.15) is 5.10 Å². The van der Waals surface area contributed by atoms with Crippen molar-refractivity contribution in [1.29, 1.82) is 0 Å². The van der Waals surface area contributed by atoms with Crippen LogP contribution in [0.25, 0.3) is 11.8 Å². The van der Waals surface area contributed by atoms with Gasteiger partial charge in [-0.05, 0) is 70.5 Å². The fourth-order valence-electron chi connectivity index (χ4n) is 4.84. The molecule has 1 aliphatic heterocycles. The molecule has 0 bridgehead atoms. The molecule has 0 fully saturated rings. The molecule has 5 rings (SSSR count). The van der Waals surface area contributed by atoms with Crippen molar-refractivity contribution in [3.63, 3.8) is 0 Å². The number of thiazole rings is 1. The number of aryl methyl sites for hydroxylation is 1. The summed E-state index contributed by atoms with van der Waals surface area (Å²) in [6.07, 6.45) is 1.87. The first-order chi connectivity index (χ1) is 18.8. The molecule has 0 aliphatic carbocycles. The molecule has 0 saturated heterocycles. The molecule has 0 N–H and O–H groups in total. The molecule has 0 saturated carbocycles. The number of benzene rings is 2. The molecule has 9 heteroatoms. The quantitative estimate of drug-likeness (QED) is 0.330. The van der Waals surface area contributed by atoms with Crippen molar-refractivity contribution in [3.8, 4) is 11.4 Å². The van der Waals surface area contributed by atoms with Crippen LogP contribution in [0.4, 0.5) is 0 Å². The highest BCUT2D eigenvalue weighted by Gasteiger charge is 2.33. The lowest BCUT2D eigenvalue weighted by Gasteiger charge is -2.24. The Balaban J connectivity index is 1.68. The van der Waals surface area contributed by atoms with Crippen molar-refractivity contribution in [2.45, 2.75) is 40.7 Å². The Labute approximate surface area is 230 Å². The van der Waals surface area contributed by atoms with Gasteiger partial charge in [-0.25, -0.2) is 14.5 Å². The van der Waals surface area contributed by atoms with Crippen LogP contribution in [0.1, 0.15) is 49.3 Å². The van der Waals surface area contributed by atoms with E-state index in [0.717, 1.165) is 28.2 Å². The minimum atomic E-state index is -0.674. The normalized spacial score (nSPS) is 15.2. The first-order valence-corrected chi connectivity index (χ1v) is 13.7. The number of carbonyl (C=O) groups is 1. The number of hydrogen-bond donors (Lipinski definition) is 0. The maximum Gasteiger partial charge on any atom is 0.338 e. The molecule has 0 amide bonds. The van der Waals surface area contributed by atoms with Crippen molar-refractivity contribution < 1.29 is 14.3 Å². The third-order valence-electron chi connectivity index (χ3n) is 6.65. The Hall–Kier alpha value is -4.24. The van der Waals surface area contributed by atoms with E-state index in [1.807, 2.05) is 86.1 Å². The average Bonchev–Trinajstić information content (AvgIpc) is 3.39. The number of esters is 1. The lowest BCUT2D eigenvalue weighted by atomic mass is 9.96. The Bertz CT molecular complexity index is 1750. The van der Waals surface area contributed by atoms with E-state index in [1.165, 1.54) is 11.3 Å². The standard InChI is InChI=1S/C30H30N4O4S/c1-6-37-23-15-13-21(14-16-23)27-26(29(36)38-7-2)19(4)31-30-33(27)28(35)25(39-30)17-24-18(3)32-34(20(24)5)22-11-9-8-10-12-22/h8-17,27H,6-7H2,1-5H3/b25-17+/t27-/m0/s1. The second-order valence-corrected chi connectivity index (χ2v) is 10.1. The topological polar surface area (TPSA) is 87.7 Å². The number of hydrogen-bond acceptors (Lipinski definition) is 7. The van der Waals surface area contributed by atoms with Gasteiger partial charge in [0, 0.05) is 11.3 Å². The first kappa shape index (κ1) is 26.4. The van der Waals surface area contributed by atoms with Crippen LogP contribution in [0, 0.1) is 13.8 Å². The van der Waals surface area contributed by atoms with Gasteiger partial charge >= 0.3 is 5.97 Å². The summed E-state index contributed by atoms with van der Waals surface area (Å²) in [7, 11) is 0. The third kappa shape index (κ3) is 4.85. The van der Waals surface area contributed by atoms with Crippen LogP contribution in [-0.4, -0.2) is 33.5 Å². The minimum Gasteiger partial charge on any atom is -0.494 e. The van der Waals surface area contributed by atoms with Crippen LogP contribution < -0.4 is 19.6 Å². The molecule has 200 valence electrons. The van der Waals surface area contributed by atoms with Crippen molar-refractivity contribution in [2.75, 3.05) is 13.2 Å². The summed E-state index contributed by atoms with van der Waals surface area (Å²) in [4.78, 5) is 32.3. The predicted molar refractivity (Wildman–Crippen MR) is 151 cm³/mol. The lowest BCUT2D eigenvalue weighted by Crippen LogP contribution is -2.39. The van der Waals surface area contributed by atoms with E-state index in [9.17, 15) is 9.59 Å². The highest BCUT2D eigenvalue weighted by atomic mass is 32.1. The fraction of sp³-hybridized carbons (Fsp3) is 0.267. The monoisotopic (exact) mass is 542 g/mol. The van der Waals surface area contributed by atoms with Gasteiger partial charge in [0.15, 0.2) is 4.80 Å². The Morgan fingerprint density at radius 3 is 2.41 bits per heavy atom. The molecule has 8 nitrogen and oxygen atoms in total. The van der Waals surface area contributed by atoms with Gasteiger partial charge < -0.3 is 9.47 Å². The number of ether oxygens (including phenoxy) is 2. The largest absolute Gasteiger partial charge is 0.494 e. The van der Waals surface area contributed by atoms with Gasteiger partial charge in [0.25, 0.3) is 5.56 Å². The zero-order chi connectivity index (χ0) is 27.7. The van der Waals surface area contributed by atoms with Crippen LogP contribution in [0.3, 0.4) is 0 Å². The highest BCUT2D eigenvalue weighted by molar-refractivity contribution is 7.07. The SMILES string of the molecule is CCOC(=O)C1=C(C)N=c2s/c(=C/c3c(C)nn(-c4ccccc4)c3C)c(=O)n2[C@H]1c1ccc(OCC)cc1. The van der Waals surface area contributed by atoms with E-state index in [-0.39, 0.29) is 12.2 Å². The number of carbonyl (C=O) groups excluding carboxylic acids is 1. The predicted octanol–water partition coefficient (Wildman–Crippen LogP) is 4.00. The first-order valence-electron chi connectivity index (χ1n) is 12.9. The molecule has 2 aromatic heterocycles. The van der Waals surface area contributed by atoms with E-state index >= 15 is 0 Å². The summed E-state index contributed by atoms with van der Waals surface area (Å²) in [5, 5.41) is 4.72. The molecule has 4 aromatic rings. The number of allylic oxidation sites excluding steroid dienone is 1. The van der Waals surface area contributed by atoms with E-state index in [4.69, 9.17) is 14.6 Å². The smallest absolute Gasteiger partial charge is 0.338 e. The van der Waals surface area contributed by atoms with Crippen molar-refractivity contribution in [3.05, 3.63) is 108 Å². The third-order valence-corrected chi connectivity index (χ3v) is 7.63. The Morgan fingerprint density at radius 2 is 1.74 bits per heavy atom. The number of fused-ring (bicyclic) bond motifs is 1. The van der Waals surface area contributed by atoms with Crippen molar-refractivity contribution >= 4 is 23.4 Å². The van der Waals surface area contributed by atoms with Crippen molar-refractivity contribution in [1.82, 2.24) is 14.3 Å². The molecule has 0 unspecified atom stereocenters. The van der Waals surface area contributed by atoms with Crippen LogP contribution in [0.15, 0.2) is 75.7 Å². The fourth-order valence-corrected chi connectivity index (χ4v) is 5.86. The second kappa shape index (κ2) is 10.9. The molecular formula is C30H30N4O4S. The Morgan fingerprint density at radius 1 is 1.03 bits per heavy atom. The second-order valence-electron chi connectivity index (χ2n) is 9.14. The number of rotatable bonds is 7. The molecule has 2 aromatic carbocycles. The molecule has 0 radical (unpaired) electrons. The maximum atomic E-state index is 14.0. The number of nitrogens with zero attached hydrogens (tertiary/aromatic N) is 4. The lowest BCUT2D eigenvalue weighted by molar-refractivity contribution is -0.139. The van der Waals surface area contributed by atoms with Gasteiger partial charge in [0.1, 0.15) is 5.75 Å². The summed E-state index contributed by atoms with van der Waals surface area (Å²) in [5.41, 5.74) is 5.00. The van der Waals surface area contributed by atoms with E-state index in [1.54, 1.807) is 18.4 Å². The van der Waals surface area contributed by atoms with Gasteiger partial charge in [-0.15, -0.1) is 0 Å². The van der Waals surface area contributed by atoms with Crippen molar-refractivity contribution in [2.24, 2.45) is 4.99 Å².